The molecule has 0 aliphatic carbocycles. The lowest BCUT2D eigenvalue weighted by Crippen LogP contribution is -2.36. The van der Waals surface area contributed by atoms with E-state index >= 15 is 0 Å². The van der Waals surface area contributed by atoms with E-state index in [0.29, 0.717) is 0 Å². The first-order valence-corrected chi connectivity index (χ1v) is 7.55. The first kappa shape index (κ1) is 12.6. The summed E-state index contributed by atoms with van der Waals surface area (Å²) in [6, 6.07) is 2.15. The van der Waals surface area contributed by atoms with Crippen LogP contribution >= 0.6 is 27.3 Å². The Morgan fingerprint density at radius 1 is 1.50 bits per heavy atom. The molecule has 0 saturated carbocycles. The minimum Gasteiger partial charge on any atom is -0.319 e. The van der Waals surface area contributed by atoms with Crippen LogP contribution in [0.5, 0.6) is 0 Å². The van der Waals surface area contributed by atoms with Crippen molar-refractivity contribution in [1.82, 2.24) is 10.2 Å². The number of likely N-dealkylation sites (tertiary alicyclic amines) is 1. The fraction of sp³-hybridized carbons (Fsp3) is 0.667. The van der Waals surface area contributed by atoms with E-state index in [0.717, 1.165) is 12.5 Å². The zero-order chi connectivity index (χ0) is 11.4. The van der Waals surface area contributed by atoms with Gasteiger partial charge >= 0.3 is 0 Å². The molecule has 1 aliphatic rings. The van der Waals surface area contributed by atoms with E-state index in [4.69, 9.17) is 0 Å². The number of thiophene rings is 1. The Labute approximate surface area is 110 Å². The lowest BCUT2D eigenvalue weighted by molar-refractivity contribution is 0.178. The molecule has 1 aromatic rings. The monoisotopic (exact) mass is 302 g/mol. The second kappa shape index (κ2) is 6.15. The van der Waals surface area contributed by atoms with Gasteiger partial charge in [0.15, 0.2) is 0 Å². The van der Waals surface area contributed by atoms with Gasteiger partial charge in [-0.3, -0.25) is 4.90 Å². The lowest BCUT2D eigenvalue weighted by atomic mass is 9.97. The Morgan fingerprint density at radius 2 is 2.25 bits per heavy atom. The summed E-state index contributed by atoms with van der Waals surface area (Å²) in [5.41, 5.74) is 0. The minimum atomic E-state index is 0.882. The quantitative estimate of drug-likeness (QED) is 0.920. The maximum atomic E-state index is 3.60. The highest BCUT2D eigenvalue weighted by Crippen LogP contribution is 2.26. The number of piperidine rings is 1. The molecular formula is C12H19BrN2S. The third kappa shape index (κ3) is 3.29. The minimum absolute atomic E-state index is 0.882. The highest BCUT2D eigenvalue weighted by molar-refractivity contribution is 9.10. The first-order chi connectivity index (χ1) is 7.79. The summed E-state index contributed by atoms with van der Waals surface area (Å²) in [6.07, 6.45) is 2.67. The van der Waals surface area contributed by atoms with Gasteiger partial charge in [-0.05, 0) is 72.8 Å². The van der Waals surface area contributed by atoms with Crippen LogP contribution in [0.4, 0.5) is 0 Å². The van der Waals surface area contributed by atoms with Crippen LogP contribution in [0.2, 0.25) is 0 Å². The van der Waals surface area contributed by atoms with Gasteiger partial charge in [0.05, 0.1) is 0 Å². The molecule has 0 radical (unpaired) electrons. The molecule has 1 fully saturated rings. The van der Waals surface area contributed by atoms with Gasteiger partial charge < -0.3 is 5.32 Å². The summed E-state index contributed by atoms with van der Waals surface area (Å²) in [5.74, 6) is 0.882. The van der Waals surface area contributed by atoms with Crippen LogP contribution in [-0.4, -0.2) is 31.6 Å². The molecule has 0 amide bonds. The van der Waals surface area contributed by atoms with Gasteiger partial charge in [0, 0.05) is 15.9 Å². The second-order valence-electron chi connectivity index (χ2n) is 4.47. The SMILES string of the molecule is CNCC1CCN(Cc2sccc2Br)CC1. The van der Waals surface area contributed by atoms with Crippen molar-refractivity contribution in [1.29, 1.82) is 0 Å². The van der Waals surface area contributed by atoms with Crippen molar-refractivity contribution in [2.45, 2.75) is 19.4 Å². The molecule has 2 heterocycles. The average Bonchev–Trinajstić information content (AvgIpc) is 2.68. The Hall–Kier alpha value is 0.100. The molecule has 0 unspecified atom stereocenters. The number of hydrogen-bond acceptors (Lipinski definition) is 3. The van der Waals surface area contributed by atoms with Crippen molar-refractivity contribution in [3.63, 3.8) is 0 Å². The van der Waals surface area contributed by atoms with E-state index in [1.165, 1.54) is 41.8 Å². The van der Waals surface area contributed by atoms with Crippen molar-refractivity contribution in [2.75, 3.05) is 26.7 Å². The summed E-state index contributed by atoms with van der Waals surface area (Å²) in [7, 11) is 2.05. The highest BCUT2D eigenvalue weighted by Gasteiger charge is 2.19. The van der Waals surface area contributed by atoms with Crippen molar-refractivity contribution < 1.29 is 0 Å². The maximum absolute atomic E-state index is 3.60. The fourth-order valence-corrected chi connectivity index (χ4v) is 3.80. The maximum Gasteiger partial charge on any atom is 0.0339 e. The fourth-order valence-electron chi connectivity index (χ4n) is 2.28. The number of hydrogen-bond donors (Lipinski definition) is 1. The molecule has 16 heavy (non-hydrogen) atoms. The van der Waals surface area contributed by atoms with Crippen LogP contribution in [0.15, 0.2) is 15.9 Å². The van der Waals surface area contributed by atoms with Gasteiger partial charge in [0.1, 0.15) is 0 Å². The summed E-state index contributed by atoms with van der Waals surface area (Å²) in [5, 5.41) is 5.44. The molecule has 0 atom stereocenters. The highest BCUT2D eigenvalue weighted by atomic mass is 79.9. The van der Waals surface area contributed by atoms with Gasteiger partial charge in [-0.1, -0.05) is 0 Å². The Morgan fingerprint density at radius 3 is 2.81 bits per heavy atom. The molecule has 0 spiro atoms. The predicted octanol–water partition coefficient (Wildman–Crippen LogP) is 2.94. The smallest absolute Gasteiger partial charge is 0.0339 e. The standard InChI is InChI=1S/C12H19BrN2S/c1-14-8-10-2-5-15(6-3-10)9-12-11(13)4-7-16-12/h4,7,10,14H,2-3,5-6,8-9H2,1H3. The largest absolute Gasteiger partial charge is 0.319 e. The lowest BCUT2D eigenvalue weighted by Gasteiger charge is -2.31. The summed E-state index contributed by atoms with van der Waals surface area (Å²) >= 11 is 5.46. The zero-order valence-electron chi connectivity index (χ0n) is 9.71. The second-order valence-corrected chi connectivity index (χ2v) is 6.32. The van der Waals surface area contributed by atoms with Gasteiger partial charge in [0.2, 0.25) is 0 Å². The zero-order valence-corrected chi connectivity index (χ0v) is 12.1. The van der Waals surface area contributed by atoms with Crippen LogP contribution < -0.4 is 5.32 Å². The van der Waals surface area contributed by atoms with Crippen molar-refractivity contribution in [3.8, 4) is 0 Å². The molecule has 0 aromatic carbocycles. The number of nitrogens with zero attached hydrogens (tertiary/aromatic N) is 1. The molecule has 0 bridgehead atoms. The predicted molar refractivity (Wildman–Crippen MR) is 73.9 cm³/mol. The average molecular weight is 303 g/mol. The number of nitrogens with one attached hydrogen (secondary N) is 1. The van der Waals surface area contributed by atoms with Gasteiger partial charge in [0.25, 0.3) is 0 Å². The van der Waals surface area contributed by atoms with Crippen LogP contribution in [-0.2, 0) is 6.54 Å². The number of halogens is 1. The molecule has 1 aliphatic heterocycles. The Balaban J connectivity index is 1.79. The molecule has 90 valence electrons. The van der Waals surface area contributed by atoms with Crippen LogP contribution in [0.3, 0.4) is 0 Å². The summed E-state index contributed by atoms with van der Waals surface area (Å²) < 4.78 is 1.27. The molecule has 2 rings (SSSR count). The molecule has 1 saturated heterocycles. The van der Waals surface area contributed by atoms with E-state index < -0.39 is 0 Å². The summed E-state index contributed by atoms with van der Waals surface area (Å²) in [6.45, 7) is 4.79. The topological polar surface area (TPSA) is 15.3 Å². The first-order valence-electron chi connectivity index (χ1n) is 5.88. The van der Waals surface area contributed by atoms with E-state index in [1.807, 2.05) is 11.3 Å². The molecule has 1 N–H and O–H groups in total. The summed E-state index contributed by atoms with van der Waals surface area (Å²) in [4.78, 5) is 4.04. The normalized spacial score (nSPS) is 19.1. The number of rotatable bonds is 4. The van der Waals surface area contributed by atoms with Crippen LogP contribution in [0.1, 0.15) is 17.7 Å². The van der Waals surface area contributed by atoms with Gasteiger partial charge in [-0.25, -0.2) is 0 Å². The van der Waals surface area contributed by atoms with E-state index in [9.17, 15) is 0 Å². The Bertz CT molecular complexity index is 319. The molecule has 2 nitrogen and oxygen atoms in total. The third-order valence-electron chi connectivity index (χ3n) is 3.26. The van der Waals surface area contributed by atoms with Crippen molar-refractivity contribution in [2.24, 2.45) is 5.92 Å². The van der Waals surface area contributed by atoms with E-state index in [2.05, 4.69) is 44.6 Å². The van der Waals surface area contributed by atoms with Crippen LogP contribution in [0.25, 0.3) is 0 Å². The Kier molecular flexibility index (Phi) is 4.82. The van der Waals surface area contributed by atoms with Gasteiger partial charge in [-0.2, -0.15) is 0 Å². The van der Waals surface area contributed by atoms with E-state index in [-0.39, 0.29) is 0 Å². The third-order valence-corrected chi connectivity index (χ3v) is 5.17. The molecule has 1 aromatic heterocycles. The van der Waals surface area contributed by atoms with Crippen molar-refractivity contribution in [3.05, 3.63) is 20.8 Å². The van der Waals surface area contributed by atoms with Crippen LogP contribution in [0, 0.1) is 5.92 Å². The van der Waals surface area contributed by atoms with E-state index in [1.54, 1.807) is 0 Å². The van der Waals surface area contributed by atoms with Gasteiger partial charge in [-0.15, -0.1) is 11.3 Å². The molecular weight excluding hydrogens is 284 g/mol. The molecule has 4 heteroatoms. The van der Waals surface area contributed by atoms with Crippen molar-refractivity contribution >= 4 is 27.3 Å².